The Labute approximate surface area is 177 Å². The molecule has 0 spiro atoms. The van der Waals surface area contributed by atoms with Crippen LogP contribution < -0.4 is 0 Å². The Balaban J connectivity index is 1.46. The molecule has 3 heterocycles. The van der Waals surface area contributed by atoms with Crippen LogP contribution in [0.4, 0.5) is 0 Å². The van der Waals surface area contributed by atoms with Gasteiger partial charge in [-0.05, 0) is 37.1 Å². The fourth-order valence-corrected chi connectivity index (χ4v) is 3.93. The lowest BCUT2D eigenvalue weighted by molar-refractivity contribution is 0.0709. The van der Waals surface area contributed by atoms with Gasteiger partial charge in [-0.25, -0.2) is 0 Å². The van der Waals surface area contributed by atoms with Crippen molar-refractivity contribution in [2.75, 3.05) is 6.54 Å². The van der Waals surface area contributed by atoms with Gasteiger partial charge in [0.15, 0.2) is 0 Å². The minimum absolute atomic E-state index is 0.122. The second-order valence-electron chi connectivity index (χ2n) is 6.93. The molecule has 2 aromatic heterocycles. The number of carbonyl (C=O) groups is 1. The molecule has 8 nitrogen and oxygen atoms in total. The predicted molar refractivity (Wildman–Crippen MR) is 109 cm³/mol. The predicted octanol–water partition coefficient (Wildman–Crippen LogP) is 3.95. The molecule has 0 radical (unpaired) electrons. The molecule has 150 valence electrons. The maximum Gasteiger partial charge on any atom is 0.256 e. The summed E-state index contributed by atoms with van der Waals surface area (Å²) < 4.78 is 5.53. The van der Waals surface area contributed by atoms with Crippen LogP contribution in [-0.4, -0.2) is 42.5 Å². The van der Waals surface area contributed by atoms with Crippen LogP contribution in [0.2, 0.25) is 5.02 Å². The zero-order valence-electron chi connectivity index (χ0n) is 15.8. The Bertz CT molecular complexity index is 1190. The van der Waals surface area contributed by atoms with E-state index in [1.165, 1.54) is 4.80 Å². The van der Waals surface area contributed by atoms with Crippen molar-refractivity contribution in [2.24, 2.45) is 0 Å². The van der Waals surface area contributed by atoms with Crippen LogP contribution in [0.15, 0.2) is 65.4 Å². The van der Waals surface area contributed by atoms with E-state index in [1.807, 2.05) is 36.4 Å². The van der Waals surface area contributed by atoms with Crippen molar-refractivity contribution in [2.45, 2.75) is 18.9 Å². The number of likely N-dealkylation sites (tertiary alicyclic amines) is 1. The third-order valence-electron chi connectivity index (χ3n) is 5.12. The first-order chi connectivity index (χ1) is 14.7. The van der Waals surface area contributed by atoms with Gasteiger partial charge in [-0.1, -0.05) is 41.0 Å². The van der Waals surface area contributed by atoms with E-state index in [0.717, 1.165) is 12.8 Å². The number of carbonyl (C=O) groups excluding carboxylic acids is 1. The van der Waals surface area contributed by atoms with E-state index in [0.29, 0.717) is 40.1 Å². The lowest BCUT2D eigenvalue weighted by Crippen LogP contribution is -2.31. The van der Waals surface area contributed by atoms with Crippen molar-refractivity contribution in [1.29, 1.82) is 0 Å². The van der Waals surface area contributed by atoms with Gasteiger partial charge in [0.1, 0.15) is 6.04 Å². The van der Waals surface area contributed by atoms with E-state index >= 15 is 0 Å². The van der Waals surface area contributed by atoms with Crippen LogP contribution in [-0.2, 0) is 0 Å². The highest BCUT2D eigenvalue weighted by Crippen LogP contribution is 2.34. The summed E-state index contributed by atoms with van der Waals surface area (Å²) >= 11 is 6.25. The summed E-state index contributed by atoms with van der Waals surface area (Å²) in [4.78, 5) is 21.2. The lowest BCUT2D eigenvalue weighted by atomic mass is 10.1. The number of hydrogen-bond acceptors (Lipinski definition) is 6. The number of rotatable bonds is 4. The first-order valence-corrected chi connectivity index (χ1v) is 9.95. The van der Waals surface area contributed by atoms with Crippen LogP contribution in [0.5, 0.6) is 0 Å². The SMILES string of the molecule is O=C(c1ccccc1-n1nccn1)N1CCCC1c1nc(-c2ccccc2Cl)no1. The van der Waals surface area contributed by atoms with Crippen LogP contribution in [0.3, 0.4) is 0 Å². The zero-order valence-corrected chi connectivity index (χ0v) is 16.6. The molecule has 9 heteroatoms. The highest BCUT2D eigenvalue weighted by atomic mass is 35.5. The average Bonchev–Trinajstić information content (AvgIpc) is 3.55. The fraction of sp³-hybridized carbons (Fsp3) is 0.190. The highest BCUT2D eigenvalue weighted by Gasteiger charge is 2.35. The fourth-order valence-electron chi connectivity index (χ4n) is 3.71. The molecule has 0 N–H and O–H groups in total. The molecular formula is C21H17ClN6O2. The number of aromatic nitrogens is 5. The van der Waals surface area contributed by atoms with Gasteiger partial charge in [0, 0.05) is 12.1 Å². The van der Waals surface area contributed by atoms with Crippen molar-refractivity contribution >= 4 is 17.5 Å². The van der Waals surface area contributed by atoms with E-state index in [2.05, 4.69) is 20.3 Å². The summed E-state index contributed by atoms with van der Waals surface area (Å²) in [6, 6.07) is 14.3. The first-order valence-electron chi connectivity index (χ1n) is 9.57. The first kappa shape index (κ1) is 18.5. The van der Waals surface area contributed by atoms with Gasteiger partial charge in [0.25, 0.3) is 5.91 Å². The molecule has 0 aliphatic carbocycles. The number of halogens is 1. The molecule has 0 saturated carbocycles. The van der Waals surface area contributed by atoms with Gasteiger partial charge in [-0.15, -0.1) is 0 Å². The van der Waals surface area contributed by atoms with Crippen LogP contribution in [0.1, 0.15) is 35.1 Å². The highest BCUT2D eigenvalue weighted by molar-refractivity contribution is 6.33. The molecule has 1 aliphatic heterocycles. The quantitative estimate of drug-likeness (QED) is 0.496. The molecular weight excluding hydrogens is 404 g/mol. The largest absolute Gasteiger partial charge is 0.337 e. The van der Waals surface area contributed by atoms with E-state index in [-0.39, 0.29) is 11.9 Å². The molecule has 1 fully saturated rings. The molecule has 1 amide bonds. The van der Waals surface area contributed by atoms with E-state index in [1.54, 1.807) is 29.4 Å². The summed E-state index contributed by atoms with van der Waals surface area (Å²) in [6.45, 7) is 0.605. The van der Waals surface area contributed by atoms with Crippen LogP contribution >= 0.6 is 11.6 Å². The molecule has 5 rings (SSSR count). The third kappa shape index (κ3) is 3.25. The van der Waals surface area contributed by atoms with Crippen molar-refractivity contribution in [3.8, 4) is 17.1 Å². The monoisotopic (exact) mass is 420 g/mol. The molecule has 30 heavy (non-hydrogen) atoms. The zero-order chi connectivity index (χ0) is 20.5. The van der Waals surface area contributed by atoms with E-state index < -0.39 is 0 Å². The van der Waals surface area contributed by atoms with Gasteiger partial charge < -0.3 is 9.42 Å². The summed E-state index contributed by atoms with van der Waals surface area (Å²) in [6.07, 6.45) is 4.75. The standard InChI is InChI=1S/C21H17ClN6O2/c22-16-8-3-1-6-14(16)19-25-20(30-26-19)18-10-5-13-27(18)21(29)15-7-2-4-9-17(15)28-23-11-12-24-28/h1-4,6-9,11-12,18H,5,10,13H2. The Morgan fingerprint density at radius 2 is 1.83 bits per heavy atom. The maximum atomic E-state index is 13.4. The Kier molecular flexibility index (Phi) is 4.76. The smallest absolute Gasteiger partial charge is 0.256 e. The molecule has 4 aromatic rings. The molecule has 1 atom stereocenters. The Morgan fingerprint density at radius 1 is 1.07 bits per heavy atom. The van der Waals surface area contributed by atoms with Gasteiger partial charge in [0.05, 0.1) is 28.7 Å². The topological polar surface area (TPSA) is 89.9 Å². The molecule has 1 saturated heterocycles. The number of benzene rings is 2. The lowest BCUT2D eigenvalue weighted by Gasteiger charge is -2.22. The number of amides is 1. The van der Waals surface area contributed by atoms with Crippen LogP contribution in [0.25, 0.3) is 17.1 Å². The van der Waals surface area contributed by atoms with Crippen molar-refractivity contribution in [1.82, 2.24) is 30.0 Å². The van der Waals surface area contributed by atoms with Gasteiger partial charge in [-0.2, -0.15) is 20.0 Å². The maximum absolute atomic E-state index is 13.4. The summed E-state index contributed by atoms with van der Waals surface area (Å²) in [5.74, 6) is 0.699. The van der Waals surface area contributed by atoms with Crippen molar-refractivity contribution < 1.29 is 9.32 Å². The second kappa shape index (κ2) is 7.72. The summed E-state index contributed by atoms with van der Waals surface area (Å²) in [5, 5.41) is 12.9. The summed E-state index contributed by atoms with van der Waals surface area (Å²) in [5.41, 5.74) is 1.84. The number of hydrogen-bond donors (Lipinski definition) is 0. The van der Waals surface area contributed by atoms with Gasteiger partial charge >= 0.3 is 0 Å². The summed E-state index contributed by atoms with van der Waals surface area (Å²) in [7, 11) is 0. The normalized spacial score (nSPS) is 16.2. The molecule has 1 unspecified atom stereocenters. The van der Waals surface area contributed by atoms with Gasteiger partial charge in [0.2, 0.25) is 11.7 Å². The Hall–Kier alpha value is -3.52. The van der Waals surface area contributed by atoms with E-state index in [4.69, 9.17) is 16.1 Å². The molecule has 0 bridgehead atoms. The number of para-hydroxylation sites is 1. The Morgan fingerprint density at radius 3 is 2.67 bits per heavy atom. The third-order valence-corrected chi connectivity index (χ3v) is 5.45. The average molecular weight is 421 g/mol. The minimum Gasteiger partial charge on any atom is -0.337 e. The van der Waals surface area contributed by atoms with Crippen molar-refractivity contribution in [3.63, 3.8) is 0 Å². The van der Waals surface area contributed by atoms with Crippen LogP contribution in [0, 0.1) is 0 Å². The van der Waals surface area contributed by atoms with E-state index in [9.17, 15) is 4.79 Å². The van der Waals surface area contributed by atoms with Gasteiger partial charge in [-0.3, -0.25) is 4.79 Å². The number of nitrogens with zero attached hydrogens (tertiary/aromatic N) is 6. The van der Waals surface area contributed by atoms with Crippen molar-refractivity contribution in [3.05, 3.63) is 77.4 Å². The second-order valence-corrected chi connectivity index (χ2v) is 7.34. The molecule has 1 aliphatic rings. The minimum atomic E-state index is -0.292. The molecule has 2 aromatic carbocycles.